The summed E-state index contributed by atoms with van der Waals surface area (Å²) in [6.07, 6.45) is 0. The van der Waals surface area contributed by atoms with Crippen molar-refractivity contribution in [1.82, 2.24) is 4.72 Å². The Bertz CT molecular complexity index is 1230. The van der Waals surface area contributed by atoms with Gasteiger partial charge in [0.1, 0.15) is 5.75 Å². The molecule has 0 aliphatic carbocycles. The summed E-state index contributed by atoms with van der Waals surface area (Å²) in [4.78, 5) is 0.269. The van der Waals surface area contributed by atoms with Gasteiger partial charge >= 0.3 is 0 Å². The highest BCUT2D eigenvalue weighted by atomic mass is 32.2. The minimum atomic E-state index is -3.58. The minimum Gasteiger partial charge on any atom is -0.497 e. The van der Waals surface area contributed by atoms with Crippen molar-refractivity contribution < 1.29 is 13.2 Å². The maximum Gasteiger partial charge on any atom is 0.240 e. The third-order valence-corrected chi connectivity index (χ3v) is 6.27. The van der Waals surface area contributed by atoms with Gasteiger partial charge in [-0.25, -0.2) is 13.1 Å². The van der Waals surface area contributed by atoms with Crippen LogP contribution < -0.4 is 9.46 Å². The number of benzene rings is 4. The molecule has 0 saturated carbocycles. The molecule has 0 heterocycles. The molecule has 4 nitrogen and oxygen atoms in total. The predicted octanol–water partition coefficient (Wildman–Crippen LogP) is 4.99. The summed E-state index contributed by atoms with van der Waals surface area (Å²) in [5.74, 6) is 0.813. The van der Waals surface area contributed by atoms with Crippen molar-refractivity contribution in [3.05, 3.63) is 96.6 Å². The van der Waals surface area contributed by atoms with Gasteiger partial charge in [0.15, 0.2) is 0 Å². The first-order valence-electron chi connectivity index (χ1n) is 9.27. The van der Waals surface area contributed by atoms with E-state index in [9.17, 15) is 8.42 Å². The largest absolute Gasteiger partial charge is 0.497 e. The van der Waals surface area contributed by atoms with E-state index in [2.05, 4.69) is 4.72 Å². The van der Waals surface area contributed by atoms with Gasteiger partial charge in [0, 0.05) is 6.54 Å². The minimum absolute atomic E-state index is 0.234. The lowest BCUT2D eigenvalue weighted by molar-refractivity contribution is 0.415. The zero-order valence-corrected chi connectivity index (χ0v) is 16.8. The lowest BCUT2D eigenvalue weighted by atomic mass is 10.0. The van der Waals surface area contributed by atoms with Crippen molar-refractivity contribution in [2.75, 3.05) is 7.11 Å². The van der Waals surface area contributed by atoms with Crippen molar-refractivity contribution in [1.29, 1.82) is 0 Å². The molecule has 0 aromatic heterocycles. The van der Waals surface area contributed by atoms with E-state index in [-0.39, 0.29) is 11.4 Å². The first-order chi connectivity index (χ1) is 14.0. The van der Waals surface area contributed by atoms with E-state index in [1.54, 1.807) is 19.2 Å². The Morgan fingerprint density at radius 1 is 0.759 bits per heavy atom. The molecule has 146 valence electrons. The number of fused-ring (bicyclic) bond motifs is 1. The van der Waals surface area contributed by atoms with Gasteiger partial charge in [-0.05, 0) is 51.7 Å². The molecule has 0 bridgehead atoms. The van der Waals surface area contributed by atoms with Gasteiger partial charge in [0.05, 0.1) is 12.0 Å². The molecule has 0 amide bonds. The predicted molar refractivity (Wildman–Crippen MR) is 116 cm³/mol. The third-order valence-electron chi connectivity index (χ3n) is 4.87. The zero-order valence-electron chi connectivity index (χ0n) is 16.0. The standard InChI is InChI=1S/C24H21NO3S/c1-28-23-13-10-21(11-14-23)20-8-6-18(7-9-20)17-25-29(26,27)24-15-12-19-4-2-3-5-22(19)16-24/h2-16,25H,17H2,1H3. The molecule has 0 radical (unpaired) electrons. The topological polar surface area (TPSA) is 55.4 Å². The highest BCUT2D eigenvalue weighted by molar-refractivity contribution is 7.89. The Morgan fingerprint density at radius 2 is 1.38 bits per heavy atom. The van der Waals surface area contributed by atoms with E-state index < -0.39 is 10.0 Å². The van der Waals surface area contributed by atoms with Crippen LogP contribution >= 0.6 is 0 Å². The molecule has 4 rings (SSSR count). The molecule has 4 aromatic carbocycles. The molecule has 0 aliphatic rings. The fourth-order valence-corrected chi connectivity index (χ4v) is 4.25. The van der Waals surface area contributed by atoms with E-state index in [4.69, 9.17) is 4.74 Å². The Hall–Kier alpha value is -3.15. The summed E-state index contributed by atoms with van der Waals surface area (Å²) in [7, 11) is -1.94. The van der Waals surface area contributed by atoms with Crippen molar-refractivity contribution in [3.63, 3.8) is 0 Å². The van der Waals surface area contributed by atoms with Crippen molar-refractivity contribution >= 4 is 20.8 Å². The van der Waals surface area contributed by atoms with Gasteiger partial charge in [0.25, 0.3) is 0 Å². The Labute approximate surface area is 170 Å². The number of hydrogen-bond donors (Lipinski definition) is 1. The van der Waals surface area contributed by atoms with Crippen LogP contribution in [0.5, 0.6) is 5.75 Å². The van der Waals surface area contributed by atoms with E-state index in [1.807, 2.05) is 78.9 Å². The van der Waals surface area contributed by atoms with Gasteiger partial charge < -0.3 is 4.74 Å². The molecule has 0 aliphatic heterocycles. The number of nitrogens with one attached hydrogen (secondary N) is 1. The molecule has 29 heavy (non-hydrogen) atoms. The maximum atomic E-state index is 12.7. The van der Waals surface area contributed by atoms with Crippen molar-refractivity contribution in [2.24, 2.45) is 0 Å². The molecule has 0 saturated heterocycles. The van der Waals surface area contributed by atoms with E-state index >= 15 is 0 Å². The van der Waals surface area contributed by atoms with Crippen molar-refractivity contribution in [3.8, 4) is 16.9 Å². The second kappa shape index (κ2) is 8.07. The summed E-state index contributed by atoms with van der Waals surface area (Å²) >= 11 is 0. The molecular weight excluding hydrogens is 382 g/mol. The quantitative estimate of drug-likeness (QED) is 0.493. The summed E-state index contributed by atoms with van der Waals surface area (Å²) in [6, 6.07) is 28.5. The van der Waals surface area contributed by atoms with Crippen LogP contribution in [-0.4, -0.2) is 15.5 Å². The molecule has 0 atom stereocenters. The Kier molecular flexibility index (Phi) is 5.34. The number of hydrogen-bond acceptors (Lipinski definition) is 3. The molecule has 0 fully saturated rings. The van der Waals surface area contributed by atoms with Gasteiger partial charge in [0.2, 0.25) is 10.0 Å². The second-order valence-corrected chi connectivity index (χ2v) is 8.53. The van der Waals surface area contributed by atoms with Gasteiger partial charge in [-0.1, -0.05) is 66.7 Å². The van der Waals surface area contributed by atoms with E-state index in [0.29, 0.717) is 0 Å². The molecule has 4 aromatic rings. The second-order valence-electron chi connectivity index (χ2n) is 6.76. The normalized spacial score (nSPS) is 11.5. The van der Waals surface area contributed by atoms with Crippen molar-refractivity contribution in [2.45, 2.75) is 11.4 Å². The molecule has 0 unspecified atom stereocenters. The SMILES string of the molecule is COc1ccc(-c2ccc(CNS(=O)(=O)c3ccc4ccccc4c3)cc2)cc1. The monoisotopic (exact) mass is 403 g/mol. The number of ether oxygens (including phenoxy) is 1. The van der Waals surface area contributed by atoms with Crippen LogP contribution in [0, 0.1) is 0 Å². The Morgan fingerprint density at radius 3 is 2.03 bits per heavy atom. The van der Waals surface area contributed by atoms with Gasteiger partial charge in [-0.15, -0.1) is 0 Å². The maximum absolute atomic E-state index is 12.7. The number of methoxy groups -OCH3 is 1. The fourth-order valence-electron chi connectivity index (χ4n) is 3.19. The average molecular weight is 404 g/mol. The molecule has 0 spiro atoms. The molecule has 5 heteroatoms. The third kappa shape index (κ3) is 4.31. The van der Waals surface area contributed by atoms with Crippen LogP contribution in [0.1, 0.15) is 5.56 Å². The van der Waals surface area contributed by atoms with Crippen LogP contribution in [0.15, 0.2) is 95.9 Å². The van der Waals surface area contributed by atoms with Gasteiger partial charge in [-0.3, -0.25) is 0 Å². The first kappa shape index (κ1) is 19.2. The summed E-state index contributed by atoms with van der Waals surface area (Å²) in [5.41, 5.74) is 3.04. The lowest BCUT2D eigenvalue weighted by Gasteiger charge is -2.09. The first-order valence-corrected chi connectivity index (χ1v) is 10.8. The average Bonchev–Trinajstić information content (AvgIpc) is 2.78. The summed E-state index contributed by atoms with van der Waals surface area (Å²) in [6.45, 7) is 0.234. The van der Waals surface area contributed by atoms with Crippen LogP contribution in [-0.2, 0) is 16.6 Å². The van der Waals surface area contributed by atoms with Gasteiger partial charge in [-0.2, -0.15) is 0 Å². The van der Waals surface area contributed by atoms with Crippen LogP contribution in [0.25, 0.3) is 21.9 Å². The van der Waals surface area contributed by atoms with Crippen LogP contribution in [0.4, 0.5) is 0 Å². The smallest absolute Gasteiger partial charge is 0.240 e. The fraction of sp³-hybridized carbons (Fsp3) is 0.0833. The molecule has 1 N–H and O–H groups in total. The number of sulfonamides is 1. The lowest BCUT2D eigenvalue weighted by Crippen LogP contribution is -2.23. The molecular formula is C24H21NO3S. The number of rotatable bonds is 6. The van der Waals surface area contributed by atoms with E-state index in [0.717, 1.165) is 33.2 Å². The van der Waals surface area contributed by atoms with Crippen LogP contribution in [0.2, 0.25) is 0 Å². The summed E-state index contributed by atoms with van der Waals surface area (Å²) in [5, 5.41) is 1.92. The zero-order chi connectivity index (χ0) is 20.3. The van der Waals surface area contributed by atoms with E-state index in [1.165, 1.54) is 0 Å². The Balaban J connectivity index is 1.47. The highest BCUT2D eigenvalue weighted by Crippen LogP contribution is 2.23. The van der Waals surface area contributed by atoms with Crippen LogP contribution in [0.3, 0.4) is 0 Å². The highest BCUT2D eigenvalue weighted by Gasteiger charge is 2.14. The summed E-state index contributed by atoms with van der Waals surface area (Å²) < 4.78 is 33.2.